The Balaban J connectivity index is 3.06. The molecule has 0 aliphatic carbocycles. The minimum atomic E-state index is 0.768. The van der Waals surface area contributed by atoms with Gasteiger partial charge in [0.2, 0.25) is 0 Å². The first-order chi connectivity index (χ1) is 4.81. The summed E-state index contributed by atoms with van der Waals surface area (Å²) in [6.07, 6.45) is 5.14. The fourth-order valence-electron chi connectivity index (χ4n) is 0.600. The molecule has 0 aromatic carbocycles. The second-order valence-electron chi connectivity index (χ2n) is 2.14. The lowest BCUT2D eigenvalue weighted by Crippen LogP contribution is -2.21. The monoisotopic (exact) mass is 157 g/mol. The molecule has 0 saturated carbocycles. The molecule has 0 aromatic rings. The van der Waals surface area contributed by atoms with Crippen LogP contribution in [-0.2, 0) is 0 Å². The maximum absolute atomic E-state index is 5.14. The van der Waals surface area contributed by atoms with Crippen molar-refractivity contribution in [2.75, 3.05) is 31.6 Å². The Kier molecular flexibility index (Phi) is 6.89. The molecule has 0 unspecified atom stereocenters. The zero-order valence-corrected chi connectivity index (χ0v) is 7.58. The van der Waals surface area contributed by atoms with Crippen molar-refractivity contribution in [3.05, 3.63) is 0 Å². The van der Waals surface area contributed by atoms with Crippen molar-refractivity contribution in [3.63, 3.8) is 0 Å². The first-order valence-corrected chi connectivity index (χ1v) is 4.66. The normalized spacial score (nSPS) is 9.80. The number of hydrogen-bond acceptors (Lipinski definition) is 2. The van der Waals surface area contributed by atoms with E-state index in [4.69, 9.17) is 6.42 Å². The van der Waals surface area contributed by atoms with Crippen LogP contribution in [0.3, 0.4) is 0 Å². The summed E-state index contributed by atoms with van der Waals surface area (Å²) in [5.41, 5.74) is 0. The molecular weight excluding hydrogens is 142 g/mol. The van der Waals surface area contributed by atoms with Gasteiger partial charge in [-0.25, -0.2) is 0 Å². The molecule has 58 valence electrons. The van der Waals surface area contributed by atoms with E-state index in [2.05, 4.69) is 24.8 Å². The van der Waals surface area contributed by atoms with E-state index in [0.717, 1.165) is 13.1 Å². The second kappa shape index (κ2) is 6.98. The third-order valence-corrected chi connectivity index (χ3v) is 2.06. The van der Waals surface area contributed by atoms with Crippen LogP contribution >= 0.6 is 11.8 Å². The maximum atomic E-state index is 5.14. The Bertz CT molecular complexity index is 106. The lowest BCUT2D eigenvalue weighted by atomic mass is 10.5. The first kappa shape index (κ1) is 9.87. The molecule has 0 rings (SSSR count). The molecule has 0 radical (unpaired) electrons. The molecule has 0 heterocycles. The Morgan fingerprint density at radius 3 is 2.80 bits per heavy atom. The van der Waals surface area contributed by atoms with Gasteiger partial charge in [-0.2, -0.15) is 11.8 Å². The molecule has 10 heavy (non-hydrogen) atoms. The largest absolute Gasteiger partial charge is 0.295 e. The van der Waals surface area contributed by atoms with Crippen molar-refractivity contribution in [3.8, 4) is 12.3 Å². The number of rotatable bonds is 5. The smallest absolute Gasteiger partial charge is 0.0596 e. The zero-order chi connectivity index (χ0) is 7.82. The van der Waals surface area contributed by atoms with E-state index < -0.39 is 0 Å². The molecule has 0 N–H and O–H groups in total. The van der Waals surface area contributed by atoms with E-state index in [-0.39, 0.29) is 0 Å². The van der Waals surface area contributed by atoms with Gasteiger partial charge in [0.05, 0.1) is 6.54 Å². The minimum Gasteiger partial charge on any atom is -0.295 e. The number of thioether (sulfide) groups is 1. The molecule has 0 atom stereocenters. The molecule has 0 spiro atoms. The van der Waals surface area contributed by atoms with Gasteiger partial charge in [-0.15, -0.1) is 6.42 Å². The highest BCUT2D eigenvalue weighted by molar-refractivity contribution is 7.99. The Morgan fingerprint density at radius 1 is 1.60 bits per heavy atom. The van der Waals surface area contributed by atoms with Gasteiger partial charge in [-0.05, 0) is 12.8 Å². The van der Waals surface area contributed by atoms with Crippen LogP contribution in [0.25, 0.3) is 0 Å². The summed E-state index contributed by atoms with van der Waals surface area (Å²) < 4.78 is 0. The number of hydrogen-bond donors (Lipinski definition) is 0. The second-order valence-corrected chi connectivity index (χ2v) is 3.53. The van der Waals surface area contributed by atoms with E-state index in [1.54, 1.807) is 0 Å². The fourth-order valence-corrected chi connectivity index (χ4v) is 1.33. The summed E-state index contributed by atoms with van der Waals surface area (Å²) in [4.78, 5) is 2.16. The van der Waals surface area contributed by atoms with E-state index in [1.165, 1.54) is 11.5 Å². The summed E-state index contributed by atoms with van der Waals surface area (Å²) in [5, 5.41) is 0. The Hall–Kier alpha value is -0.130. The van der Waals surface area contributed by atoms with Gasteiger partial charge in [0, 0.05) is 12.3 Å². The van der Waals surface area contributed by atoms with Crippen molar-refractivity contribution in [2.24, 2.45) is 0 Å². The molecule has 0 fully saturated rings. The molecule has 1 nitrogen and oxygen atoms in total. The highest BCUT2D eigenvalue weighted by atomic mass is 32.2. The molecule has 0 saturated heterocycles. The standard InChI is InChI=1S/C8H15NS/c1-4-6-9(3)7-8-10-5-2/h1H,5-8H2,2-3H3. The summed E-state index contributed by atoms with van der Waals surface area (Å²) in [7, 11) is 2.05. The van der Waals surface area contributed by atoms with Gasteiger partial charge in [0.1, 0.15) is 0 Å². The number of terminal acetylenes is 1. The van der Waals surface area contributed by atoms with E-state index in [0.29, 0.717) is 0 Å². The summed E-state index contributed by atoms with van der Waals surface area (Å²) in [5.74, 6) is 5.00. The quantitative estimate of drug-likeness (QED) is 0.437. The molecule has 0 aliphatic rings. The summed E-state index contributed by atoms with van der Waals surface area (Å²) in [6.45, 7) is 4.04. The summed E-state index contributed by atoms with van der Waals surface area (Å²) in [6, 6.07) is 0. The SMILES string of the molecule is C#CCN(C)CCSCC. The zero-order valence-electron chi connectivity index (χ0n) is 6.76. The van der Waals surface area contributed by atoms with Crippen LogP contribution in [0.5, 0.6) is 0 Å². The van der Waals surface area contributed by atoms with Crippen molar-refractivity contribution in [1.29, 1.82) is 0 Å². The maximum Gasteiger partial charge on any atom is 0.0596 e. The van der Waals surface area contributed by atoms with E-state index >= 15 is 0 Å². The van der Waals surface area contributed by atoms with Crippen molar-refractivity contribution in [2.45, 2.75) is 6.92 Å². The lowest BCUT2D eigenvalue weighted by Gasteiger charge is -2.11. The van der Waals surface area contributed by atoms with E-state index in [9.17, 15) is 0 Å². The van der Waals surface area contributed by atoms with Gasteiger partial charge in [0.15, 0.2) is 0 Å². The Labute approximate surface area is 68.2 Å². The van der Waals surface area contributed by atoms with Gasteiger partial charge in [0.25, 0.3) is 0 Å². The molecular formula is C8H15NS. The highest BCUT2D eigenvalue weighted by Gasteiger charge is 1.92. The van der Waals surface area contributed by atoms with Gasteiger partial charge in [-0.1, -0.05) is 12.8 Å². The van der Waals surface area contributed by atoms with Gasteiger partial charge >= 0.3 is 0 Å². The van der Waals surface area contributed by atoms with Crippen LogP contribution in [0.15, 0.2) is 0 Å². The topological polar surface area (TPSA) is 3.24 Å². The fraction of sp³-hybridized carbons (Fsp3) is 0.750. The predicted octanol–water partition coefficient (Wildman–Crippen LogP) is 1.30. The third-order valence-electron chi connectivity index (χ3n) is 1.18. The molecule has 0 aliphatic heterocycles. The van der Waals surface area contributed by atoms with Crippen molar-refractivity contribution in [1.82, 2.24) is 4.90 Å². The first-order valence-electron chi connectivity index (χ1n) is 3.51. The predicted molar refractivity (Wildman–Crippen MR) is 49.3 cm³/mol. The minimum absolute atomic E-state index is 0.768. The van der Waals surface area contributed by atoms with Crippen LogP contribution in [0.1, 0.15) is 6.92 Å². The molecule has 2 heteroatoms. The van der Waals surface area contributed by atoms with Crippen LogP contribution in [0.2, 0.25) is 0 Å². The molecule has 0 aromatic heterocycles. The third kappa shape index (κ3) is 6.00. The van der Waals surface area contributed by atoms with Crippen LogP contribution in [0, 0.1) is 12.3 Å². The van der Waals surface area contributed by atoms with Crippen LogP contribution in [-0.4, -0.2) is 36.5 Å². The highest BCUT2D eigenvalue weighted by Crippen LogP contribution is 1.97. The lowest BCUT2D eigenvalue weighted by molar-refractivity contribution is 0.402. The molecule has 0 amide bonds. The average molecular weight is 157 g/mol. The van der Waals surface area contributed by atoms with Crippen molar-refractivity contribution >= 4 is 11.8 Å². The van der Waals surface area contributed by atoms with Crippen molar-refractivity contribution < 1.29 is 0 Å². The van der Waals surface area contributed by atoms with Gasteiger partial charge in [-0.3, -0.25) is 4.90 Å². The summed E-state index contributed by atoms with van der Waals surface area (Å²) >= 11 is 1.95. The van der Waals surface area contributed by atoms with Crippen LogP contribution in [0.4, 0.5) is 0 Å². The Morgan fingerprint density at radius 2 is 2.30 bits per heavy atom. The van der Waals surface area contributed by atoms with E-state index in [1.807, 2.05) is 11.8 Å². The van der Waals surface area contributed by atoms with Crippen LogP contribution < -0.4 is 0 Å². The van der Waals surface area contributed by atoms with Gasteiger partial charge < -0.3 is 0 Å². The average Bonchev–Trinajstić information content (AvgIpc) is 1.89. The number of nitrogens with zero attached hydrogens (tertiary/aromatic N) is 1. The molecule has 0 bridgehead atoms.